The number of hydrogen-bond acceptors (Lipinski definition) is 7. The van der Waals surface area contributed by atoms with Crippen LogP contribution in [0.2, 0.25) is 21.6 Å². The summed E-state index contributed by atoms with van der Waals surface area (Å²) in [4.78, 5) is 24.6. The first kappa shape index (κ1) is 33.4. The van der Waals surface area contributed by atoms with Gasteiger partial charge in [-0.3, -0.25) is 4.79 Å². The van der Waals surface area contributed by atoms with Crippen molar-refractivity contribution >= 4 is 37.0 Å². The van der Waals surface area contributed by atoms with Crippen LogP contribution in [-0.2, 0) is 22.0 Å². The van der Waals surface area contributed by atoms with Crippen molar-refractivity contribution in [2.24, 2.45) is 11.8 Å². The fraction of sp³-hybridized carbons (Fsp3) is 0.571. The second-order valence-corrected chi connectivity index (χ2v) is 20.7. The highest BCUT2D eigenvalue weighted by molar-refractivity contribution is 7.14. The molecule has 2 aliphatic rings. The lowest BCUT2D eigenvalue weighted by atomic mass is 9.92. The Labute approximate surface area is 272 Å². The Balaban J connectivity index is 1.36. The van der Waals surface area contributed by atoms with Gasteiger partial charge in [0.1, 0.15) is 12.4 Å². The topological polar surface area (TPSA) is 81.5 Å². The van der Waals surface area contributed by atoms with E-state index in [4.69, 9.17) is 20.8 Å². The summed E-state index contributed by atoms with van der Waals surface area (Å²) in [7, 11) is -2.10. The summed E-state index contributed by atoms with van der Waals surface area (Å²) in [5.74, 6) is 0.310. The molecule has 0 bridgehead atoms. The van der Waals surface area contributed by atoms with E-state index >= 15 is 0 Å². The van der Waals surface area contributed by atoms with Gasteiger partial charge in [-0.25, -0.2) is 9.97 Å². The van der Waals surface area contributed by atoms with Crippen molar-refractivity contribution in [2.75, 3.05) is 13.2 Å². The largest absolute Gasteiger partial charge is 0.413 e. The Morgan fingerprint density at radius 2 is 1.84 bits per heavy atom. The average Bonchev–Trinajstić information content (AvgIpc) is 3.57. The van der Waals surface area contributed by atoms with Gasteiger partial charge in [-0.2, -0.15) is 0 Å². The van der Waals surface area contributed by atoms with E-state index in [-0.39, 0.29) is 36.4 Å². The van der Waals surface area contributed by atoms with Crippen LogP contribution in [0.1, 0.15) is 103 Å². The summed E-state index contributed by atoms with van der Waals surface area (Å²) in [6.07, 6.45) is 6.22. The number of carbonyl (C=O) groups is 1. The second kappa shape index (κ2) is 13.8. The van der Waals surface area contributed by atoms with Crippen LogP contribution >= 0.6 is 22.9 Å². The van der Waals surface area contributed by atoms with Crippen molar-refractivity contribution in [3.05, 3.63) is 79.5 Å². The zero-order valence-electron chi connectivity index (χ0n) is 27.1. The predicted octanol–water partition coefficient (Wildman–Crippen LogP) is 8.51. The van der Waals surface area contributed by atoms with Crippen molar-refractivity contribution in [2.45, 2.75) is 103 Å². The van der Waals surface area contributed by atoms with E-state index in [1.807, 2.05) is 25.1 Å². The number of nitrogens with zero attached hydrogens (tertiary/aromatic N) is 2. The number of aliphatic hydroxyl groups is 1. The Kier molecular flexibility index (Phi) is 10.5. The normalized spacial score (nSPS) is 22.3. The van der Waals surface area contributed by atoms with Crippen molar-refractivity contribution < 1.29 is 19.1 Å². The summed E-state index contributed by atoms with van der Waals surface area (Å²) >= 11 is 7.84. The first-order valence-electron chi connectivity index (χ1n) is 16.1. The first-order valence-corrected chi connectivity index (χ1v) is 19.4. The third kappa shape index (κ3) is 6.49. The molecule has 3 heterocycles. The van der Waals surface area contributed by atoms with E-state index < -0.39 is 8.32 Å². The van der Waals surface area contributed by atoms with Gasteiger partial charge in [0.25, 0.3) is 0 Å². The number of halogens is 1. The van der Waals surface area contributed by atoms with E-state index in [0.29, 0.717) is 45.1 Å². The van der Waals surface area contributed by atoms with Crippen LogP contribution in [0.3, 0.4) is 0 Å². The molecule has 1 N–H and O–H groups in total. The molecule has 1 aromatic carbocycles. The van der Waals surface area contributed by atoms with Crippen LogP contribution < -0.4 is 0 Å². The van der Waals surface area contributed by atoms with E-state index in [1.54, 1.807) is 6.20 Å². The number of aromatic nitrogens is 2. The minimum atomic E-state index is -2.10. The van der Waals surface area contributed by atoms with Gasteiger partial charge in [-0.15, -0.1) is 11.3 Å². The number of aliphatic hydroxyl groups excluding tert-OH is 1. The molecule has 0 radical (unpaired) electrons. The molecule has 3 aromatic rings. The highest BCUT2D eigenvalue weighted by Crippen LogP contribution is 2.47. The quantitative estimate of drug-likeness (QED) is 0.165. The third-order valence-corrected chi connectivity index (χ3v) is 17.5. The van der Waals surface area contributed by atoms with Crippen LogP contribution in [0.15, 0.2) is 36.8 Å². The maximum Gasteiger partial charge on any atom is 0.206 e. The van der Waals surface area contributed by atoms with Gasteiger partial charge >= 0.3 is 0 Å². The van der Waals surface area contributed by atoms with Crippen LogP contribution in [0.4, 0.5) is 0 Å². The molecule has 0 saturated heterocycles. The first-order chi connectivity index (χ1) is 21.0. The minimum absolute atomic E-state index is 0.0271. The lowest BCUT2D eigenvalue weighted by Gasteiger charge is -2.45. The highest BCUT2D eigenvalue weighted by atomic mass is 35.5. The monoisotopic (exact) mass is 654 g/mol. The van der Waals surface area contributed by atoms with Gasteiger partial charge in [0.15, 0.2) is 0 Å². The summed E-state index contributed by atoms with van der Waals surface area (Å²) < 4.78 is 13.4. The molecule has 44 heavy (non-hydrogen) atoms. The Hall–Kier alpha value is -1.94. The minimum Gasteiger partial charge on any atom is -0.413 e. The Bertz CT molecular complexity index is 1450. The van der Waals surface area contributed by atoms with Gasteiger partial charge in [-0.05, 0) is 90.0 Å². The molecule has 4 atom stereocenters. The van der Waals surface area contributed by atoms with E-state index in [0.717, 1.165) is 41.0 Å². The summed E-state index contributed by atoms with van der Waals surface area (Å²) in [6.45, 7) is 16.6. The second-order valence-electron chi connectivity index (χ2n) is 13.6. The highest BCUT2D eigenvalue weighted by Gasteiger charge is 2.49. The lowest BCUT2D eigenvalue weighted by Crippen LogP contribution is -2.51. The molecule has 238 valence electrons. The van der Waals surface area contributed by atoms with E-state index in [2.05, 4.69) is 57.6 Å². The molecule has 0 amide bonds. The molecule has 0 spiro atoms. The van der Waals surface area contributed by atoms with Crippen LogP contribution in [-0.4, -0.2) is 48.5 Å². The number of fused-ring (bicyclic) bond motifs is 1. The number of benzene rings is 1. The molecule has 6 nitrogen and oxygen atoms in total. The molecule has 9 heteroatoms. The van der Waals surface area contributed by atoms with Crippen LogP contribution in [0.25, 0.3) is 0 Å². The zero-order chi connectivity index (χ0) is 31.8. The SMILES string of the molecule is Cc1sc(C(=O)c2cncnc2C[C@@H]2C[C@H](CO)[C@@H](O[Si](C(C)C)(C(C)C)C(C)C)C2)cc1[C@@H]1OCCc2ccc(Cl)cc21. The van der Waals surface area contributed by atoms with E-state index in [1.165, 1.54) is 23.2 Å². The van der Waals surface area contributed by atoms with Crippen LogP contribution in [0.5, 0.6) is 0 Å². The number of hydrogen-bond donors (Lipinski definition) is 1. The number of rotatable bonds is 11. The van der Waals surface area contributed by atoms with Gasteiger partial charge < -0.3 is 14.3 Å². The zero-order valence-corrected chi connectivity index (χ0v) is 29.7. The predicted molar refractivity (Wildman–Crippen MR) is 180 cm³/mol. The number of ketones is 1. The number of aryl methyl sites for hydroxylation is 1. The fourth-order valence-corrected chi connectivity index (χ4v) is 14.8. The van der Waals surface area contributed by atoms with E-state index in [9.17, 15) is 9.90 Å². The standard InChI is InChI=1S/C35H47ClN2O4SSi/c1-20(2)44(21(3)4,22(5)6)42-32-14-24(12-26(32)18-39)13-31-30(17-37-19-38-31)34(40)33-16-28(23(7)43-33)35-29-15-27(36)9-8-25(29)10-11-41-35/h8-9,15-17,19-22,24,26,32,35,39H,10-14,18H2,1-7H3/t24-,26+,32-,35-/m0/s1. The number of thiophene rings is 1. The molecule has 1 aliphatic carbocycles. The number of ether oxygens (including phenoxy) is 1. The van der Waals surface area contributed by atoms with Crippen molar-refractivity contribution in [1.82, 2.24) is 9.97 Å². The average molecular weight is 655 g/mol. The maximum absolute atomic E-state index is 14.0. The molecule has 2 aromatic heterocycles. The molecule has 5 rings (SSSR count). The molecular weight excluding hydrogens is 608 g/mol. The molecule has 0 unspecified atom stereocenters. The Morgan fingerprint density at radius 1 is 1.11 bits per heavy atom. The summed E-state index contributed by atoms with van der Waals surface area (Å²) in [5, 5.41) is 11.1. The third-order valence-electron chi connectivity index (χ3n) is 10.1. The summed E-state index contributed by atoms with van der Waals surface area (Å²) in [6, 6.07) is 7.96. The van der Waals surface area contributed by atoms with Crippen molar-refractivity contribution in [3.8, 4) is 0 Å². The van der Waals surface area contributed by atoms with Crippen LogP contribution in [0, 0.1) is 18.8 Å². The molecule has 1 saturated carbocycles. The number of carbonyl (C=O) groups excluding carboxylic acids is 1. The Morgan fingerprint density at radius 3 is 2.52 bits per heavy atom. The van der Waals surface area contributed by atoms with Gasteiger partial charge in [-0.1, -0.05) is 59.2 Å². The van der Waals surface area contributed by atoms with Crippen molar-refractivity contribution in [1.29, 1.82) is 0 Å². The molecule has 1 fully saturated rings. The van der Waals surface area contributed by atoms with Crippen molar-refractivity contribution in [3.63, 3.8) is 0 Å². The maximum atomic E-state index is 14.0. The van der Waals surface area contributed by atoms with Gasteiger partial charge in [0.2, 0.25) is 14.1 Å². The fourth-order valence-electron chi connectivity index (χ4n) is 8.02. The van der Waals surface area contributed by atoms with Gasteiger partial charge in [0, 0.05) is 28.6 Å². The lowest BCUT2D eigenvalue weighted by molar-refractivity contribution is 0.0697. The summed E-state index contributed by atoms with van der Waals surface area (Å²) in [5.41, 5.74) is 6.08. The molecular formula is C35H47ClN2O4SSi. The van der Waals surface area contributed by atoms with Gasteiger partial charge in [0.05, 0.1) is 28.8 Å². The smallest absolute Gasteiger partial charge is 0.206 e. The molecule has 1 aliphatic heterocycles.